The summed E-state index contributed by atoms with van der Waals surface area (Å²) >= 11 is 11.7. The molecule has 2 aromatic rings. The van der Waals surface area contributed by atoms with E-state index >= 15 is 0 Å². The average molecular weight is 344 g/mol. The monoisotopic (exact) mass is 343 g/mol. The van der Waals surface area contributed by atoms with Crippen LogP contribution in [0.4, 0.5) is 10.1 Å². The molecule has 0 spiro atoms. The minimum atomic E-state index is -0.637. The van der Waals surface area contributed by atoms with Crippen molar-refractivity contribution in [3.8, 4) is 5.75 Å². The van der Waals surface area contributed by atoms with Crippen LogP contribution in [0, 0.1) is 5.82 Å². The molecule has 2 N–H and O–H groups in total. The van der Waals surface area contributed by atoms with Crippen molar-refractivity contribution in [3.05, 3.63) is 58.9 Å². The van der Waals surface area contributed by atoms with Crippen LogP contribution in [-0.2, 0) is 6.61 Å². The SMILES string of the molecule is OC(CCl)CNc1ccc(OCc2cccc(F)c2)cc1Cl. The lowest BCUT2D eigenvalue weighted by Gasteiger charge is -2.13. The molecule has 6 heteroatoms. The van der Waals surface area contributed by atoms with Crippen molar-refractivity contribution in [3.63, 3.8) is 0 Å². The Kier molecular flexibility index (Phi) is 6.31. The van der Waals surface area contributed by atoms with E-state index in [9.17, 15) is 9.50 Å². The molecule has 0 aromatic heterocycles. The third kappa shape index (κ3) is 5.05. The predicted octanol–water partition coefficient (Wildman–Crippen LogP) is 4.07. The standard InChI is InChI=1S/C16H16Cl2FNO2/c17-8-13(21)9-20-16-5-4-14(7-15(16)18)22-10-11-2-1-3-12(19)6-11/h1-7,13,20-21H,8-10H2. The number of ether oxygens (including phenoxy) is 1. The molecule has 1 unspecified atom stereocenters. The highest BCUT2D eigenvalue weighted by molar-refractivity contribution is 6.33. The zero-order valence-corrected chi connectivity index (χ0v) is 13.2. The van der Waals surface area contributed by atoms with Crippen LogP contribution in [0.15, 0.2) is 42.5 Å². The summed E-state index contributed by atoms with van der Waals surface area (Å²) in [7, 11) is 0. The van der Waals surface area contributed by atoms with Gasteiger partial charge in [0, 0.05) is 12.6 Å². The molecule has 2 rings (SSSR count). The van der Waals surface area contributed by atoms with Crippen LogP contribution < -0.4 is 10.1 Å². The molecule has 3 nitrogen and oxygen atoms in total. The van der Waals surface area contributed by atoms with E-state index in [0.717, 1.165) is 5.56 Å². The van der Waals surface area contributed by atoms with Gasteiger partial charge in [-0.1, -0.05) is 23.7 Å². The number of benzene rings is 2. The summed E-state index contributed by atoms with van der Waals surface area (Å²) in [5, 5.41) is 12.9. The number of halogens is 3. The van der Waals surface area contributed by atoms with Gasteiger partial charge in [0.25, 0.3) is 0 Å². The molecular formula is C16H16Cl2FNO2. The van der Waals surface area contributed by atoms with Crippen molar-refractivity contribution in [1.82, 2.24) is 0 Å². The number of hydrogen-bond donors (Lipinski definition) is 2. The second kappa shape index (κ2) is 8.22. The van der Waals surface area contributed by atoms with E-state index in [2.05, 4.69) is 5.32 Å². The Balaban J connectivity index is 1.94. The molecule has 2 aromatic carbocycles. The molecule has 0 saturated carbocycles. The summed E-state index contributed by atoms with van der Waals surface area (Å²) in [5.41, 5.74) is 1.42. The number of alkyl halides is 1. The minimum Gasteiger partial charge on any atom is -0.489 e. The molecule has 22 heavy (non-hydrogen) atoms. The van der Waals surface area contributed by atoms with Crippen molar-refractivity contribution in [2.45, 2.75) is 12.7 Å². The maximum atomic E-state index is 13.1. The van der Waals surface area contributed by atoms with Gasteiger partial charge < -0.3 is 15.2 Å². The molecule has 0 heterocycles. The fourth-order valence-corrected chi connectivity index (χ4v) is 2.15. The third-order valence-corrected chi connectivity index (χ3v) is 3.61. The highest BCUT2D eigenvalue weighted by Crippen LogP contribution is 2.27. The Labute approximate surface area is 138 Å². The molecule has 0 amide bonds. The maximum Gasteiger partial charge on any atom is 0.123 e. The van der Waals surface area contributed by atoms with E-state index in [1.807, 2.05) is 0 Å². The number of hydrogen-bond acceptors (Lipinski definition) is 3. The van der Waals surface area contributed by atoms with Gasteiger partial charge in [-0.15, -0.1) is 11.6 Å². The number of anilines is 1. The first-order valence-electron chi connectivity index (χ1n) is 6.73. The second-order valence-electron chi connectivity index (χ2n) is 4.75. The second-order valence-corrected chi connectivity index (χ2v) is 5.47. The predicted molar refractivity (Wildman–Crippen MR) is 87.4 cm³/mol. The van der Waals surface area contributed by atoms with Crippen LogP contribution in [0.1, 0.15) is 5.56 Å². The number of rotatable bonds is 7. The smallest absolute Gasteiger partial charge is 0.123 e. The normalized spacial score (nSPS) is 12.0. The largest absolute Gasteiger partial charge is 0.489 e. The van der Waals surface area contributed by atoms with Crippen LogP contribution >= 0.6 is 23.2 Å². The summed E-state index contributed by atoms with van der Waals surface area (Å²) in [5.74, 6) is 0.439. The third-order valence-electron chi connectivity index (χ3n) is 2.94. The Hall–Kier alpha value is -1.49. The summed E-state index contributed by atoms with van der Waals surface area (Å²) < 4.78 is 18.7. The lowest BCUT2D eigenvalue weighted by Crippen LogP contribution is -2.20. The summed E-state index contributed by atoms with van der Waals surface area (Å²) in [6.07, 6.45) is -0.637. The van der Waals surface area contributed by atoms with E-state index in [4.69, 9.17) is 27.9 Å². The zero-order chi connectivity index (χ0) is 15.9. The Bertz CT molecular complexity index is 625. The van der Waals surface area contributed by atoms with Gasteiger partial charge in [-0.25, -0.2) is 4.39 Å². The van der Waals surface area contributed by atoms with E-state index in [-0.39, 0.29) is 18.3 Å². The topological polar surface area (TPSA) is 41.5 Å². The number of aliphatic hydroxyl groups is 1. The molecule has 0 radical (unpaired) electrons. The van der Waals surface area contributed by atoms with Crippen LogP contribution in [-0.4, -0.2) is 23.6 Å². The quantitative estimate of drug-likeness (QED) is 0.744. The first-order chi connectivity index (χ1) is 10.6. The summed E-state index contributed by atoms with van der Waals surface area (Å²) in [6.45, 7) is 0.568. The van der Waals surface area contributed by atoms with Crippen LogP contribution in [0.2, 0.25) is 5.02 Å². The molecule has 0 saturated heterocycles. The van der Waals surface area contributed by atoms with Crippen molar-refractivity contribution >= 4 is 28.9 Å². The van der Waals surface area contributed by atoms with Gasteiger partial charge in [0.05, 0.1) is 22.7 Å². The van der Waals surface area contributed by atoms with Gasteiger partial charge in [-0.3, -0.25) is 0 Å². The fraction of sp³-hybridized carbons (Fsp3) is 0.250. The van der Waals surface area contributed by atoms with Crippen LogP contribution in [0.25, 0.3) is 0 Å². The average Bonchev–Trinajstić information content (AvgIpc) is 2.51. The molecular weight excluding hydrogens is 328 g/mol. The van der Waals surface area contributed by atoms with Gasteiger partial charge in [-0.2, -0.15) is 0 Å². The van der Waals surface area contributed by atoms with Crippen LogP contribution in [0.3, 0.4) is 0 Å². The molecule has 1 atom stereocenters. The van der Waals surface area contributed by atoms with E-state index < -0.39 is 6.10 Å². The van der Waals surface area contributed by atoms with Crippen molar-refractivity contribution in [1.29, 1.82) is 0 Å². The van der Waals surface area contributed by atoms with Crippen LogP contribution in [0.5, 0.6) is 5.75 Å². The minimum absolute atomic E-state index is 0.152. The molecule has 0 bridgehead atoms. The van der Waals surface area contributed by atoms with Gasteiger partial charge in [0.2, 0.25) is 0 Å². The Morgan fingerprint density at radius 1 is 1.23 bits per heavy atom. The van der Waals surface area contributed by atoms with Gasteiger partial charge in [0.1, 0.15) is 18.2 Å². The first kappa shape index (κ1) is 16.9. The Morgan fingerprint density at radius 2 is 2.05 bits per heavy atom. The highest BCUT2D eigenvalue weighted by Gasteiger charge is 2.06. The van der Waals surface area contributed by atoms with E-state index in [1.165, 1.54) is 12.1 Å². The van der Waals surface area contributed by atoms with E-state index in [1.54, 1.807) is 30.3 Å². The highest BCUT2D eigenvalue weighted by atomic mass is 35.5. The maximum absolute atomic E-state index is 13.1. The Morgan fingerprint density at radius 3 is 2.73 bits per heavy atom. The molecule has 0 aliphatic heterocycles. The summed E-state index contributed by atoms with van der Waals surface area (Å²) in [4.78, 5) is 0. The first-order valence-corrected chi connectivity index (χ1v) is 7.64. The fourth-order valence-electron chi connectivity index (χ4n) is 1.80. The van der Waals surface area contributed by atoms with Gasteiger partial charge in [0.15, 0.2) is 0 Å². The summed E-state index contributed by atoms with van der Waals surface area (Å²) in [6, 6.07) is 11.4. The van der Waals surface area contributed by atoms with Gasteiger partial charge in [-0.05, 0) is 29.8 Å². The zero-order valence-electron chi connectivity index (χ0n) is 11.7. The number of aliphatic hydroxyl groups excluding tert-OH is 1. The molecule has 118 valence electrons. The lowest BCUT2D eigenvalue weighted by atomic mass is 10.2. The van der Waals surface area contributed by atoms with E-state index in [0.29, 0.717) is 23.0 Å². The van der Waals surface area contributed by atoms with Crippen molar-refractivity contribution < 1.29 is 14.2 Å². The number of nitrogens with one attached hydrogen (secondary N) is 1. The molecule has 0 aliphatic carbocycles. The van der Waals surface area contributed by atoms with Gasteiger partial charge >= 0.3 is 0 Å². The molecule has 0 fully saturated rings. The van der Waals surface area contributed by atoms with Crippen molar-refractivity contribution in [2.24, 2.45) is 0 Å². The van der Waals surface area contributed by atoms with Crippen molar-refractivity contribution in [2.75, 3.05) is 17.7 Å². The molecule has 0 aliphatic rings. The lowest BCUT2D eigenvalue weighted by molar-refractivity contribution is 0.211.